The van der Waals surface area contributed by atoms with Crippen LogP contribution in [-0.2, 0) is 10.0 Å². The van der Waals surface area contributed by atoms with Crippen LogP contribution < -0.4 is 0 Å². The Morgan fingerprint density at radius 2 is 1.71 bits per heavy atom. The number of rotatable bonds is 3. The van der Waals surface area contributed by atoms with Crippen LogP contribution in [0, 0.1) is 6.92 Å². The number of phenols is 1. The van der Waals surface area contributed by atoms with Gasteiger partial charge in [-0.1, -0.05) is 69.5 Å². The normalized spacial score (nSPS) is 11.8. The van der Waals surface area contributed by atoms with Crippen LogP contribution in [-0.4, -0.2) is 17.5 Å². The van der Waals surface area contributed by atoms with Crippen LogP contribution in [0.1, 0.15) is 5.56 Å². The molecular weight excluding hydrogens is 462 g/mol. The SMILES string of the molecule is Cc1ccc2c(c1)cc(-c1ccccc1)n2S(=O)(=O)c1cc(Br)cc(Cl)c1O. The van der Waals surface area contributed by atoms with Crippen molar-refractivity contribution in [2.75, 3.05) is 0 Å². The van der Waals surface area contributed by atoms with Gasteiger partial charge in [-0.25, -0.2) is 12.4 Å². The molecule has 0 atom stereocenters. The zero-order chi connectivity index (χ0) is 20.1. The van der Waals surface area contributed by atoms with Crippen molar-refractivity contribution < 1.29 is 13.5 Å². The van der Waals surface area contributed by atoms with Gasteiger partial charge in [0.25, 0.3) is 10.0 Å². The number of hydrogen-bond acceptors (Lipinski definition) is 3. The monoisotopic (exact) mass is 475 g/mol. The number of nitrogens with zero attached hydrogens (tertiary/aromatic N) is 1. The lowest BCUT2D eigenvalue weighted by Crippen LogP contribution is -2.14. The van der Waals surface area contributed by atoms with Crippen LogP contribution in [0.4, 0.5) is 0 Å². The maximum Gasteiger partial charge on any atom is 0.272 e. The maximum absolute atomic E-state index is 13.6. The van der Waals surface area contributed by atoms with Crippen molar-refractivity contribution in [2.45, 2.75) is 11.8 Å². The average molecular weight is 477 g/mol. The second-order valence-corrected chi connectivity index (χ2v) is 9.54. The third kappa shape index (κ3) is 3.11. The second-order valence-electron chi connectivity index (χ2n) is 6.46. The fourth-order valence-corrected chi connectivity index (χ4v) is 5.90. The van der Waals surface area contributed by atoms with Gasteiger partial charge in [0.2, 0.25) is 0 Å². The molecule has 0 spiro atoms. The van der Waals surface area contributed by atoms with Gasteiger partial charge >= 0.3 is 0 Å². The van der Waals surface area contributed by atoms with Crippen molar-refractivity contribution in [3.63, 3.8) is 0 Å². The molecule has 0 radical (unpaired) electrons. The molecule has 0 unspecified atom stereocenters. The number of hydrogen-bond donors (Lipinski definition) is 1. The topological polar surface area (TPSA) is 59.3 Å². The van der Waals surface area contributed by atoms with Crippen LogP contribution in [0.5, 0.6) is 5.75 Å². The summed E-state index contributed by atoms with van der Waals surface area (Å²) in [5, 5.41) is 11.1. The van der Waals surface area contributed by atoms with Crippen molar-refractivity contribution in [3.05, 3.63) is 81.8 Å². The minimum absolute atomic E-state index is 0.0403. The Hall–Kier alpha value is -2.28. The molecule has 1 aromatic heterocycles. The predicted molar refractivity (Wildman–Crippen MR) is 116 cm³/mol. The van der Waals surface area contributed by atoms with Gasteiger partial charge in [-0.2, -0.15) is 0 Å². The minimum Gasteiger partial charge on any atom is -0.505 e. The third-order valence-corrected chi connectivity index (χ3v) is 6.98. The molecule has 0 aliphatic heterocycles. The van der Waals surface area contributed by atoms with Crippen molar-refractivity contribution in [1.29, 1.82) is 0 Å². The van der Waals surface area contributed by atoms with Gasteiger partial charge in [0.05, 0.1) is 16.2 Å². The van der Waals surface area contributed by atoms with Gasteiger partial charge in [0, 0.05) is 9.86 Å². The van der Waals surface area contributed by atoms with Crippen molar-refractivity contribution in [1.82, 2.24) is 3.97 Å². The summed E-state index contributed by atoms with van der Waals surface area (Å²) in [6, 6.07) is 19.5. The number of fused-ring (bicyclic) bond motifs is 1. The zero-order valence-corrected chi connectivity index (χ0v) is 17.9. The summed E-state index contributed by atoms with van der Waals surface area (Å²) in [6.45, 7) is 1.95. The van der Waals surface area contributed by atoms with Gasteiger partial charge < -0.3 is 5.11 Å². The van der Waals surface area contributed by atoms with Gasteiger partial charge in [0.15, 0.2) is 5.75 Å². The lowest BCUT2D eigenvalue weighted by Gasteiger charge is -2.14. The molecule has 0 aliphatic carbocycles. The Morgan fingerprint density at radius 3 is 2.43 bits per heavy atom. The van der Waals surface area contributed by atoms with Crippen molar-refractivity contribution >= 4 is 48.5 Å². The first-order valence-corrected chi connectivity index (χ1v) is 11.0. The van der Waals surface area contributed by atoms with Crippen LogP contribution in [0.3, 0.4) is 0 Å². The number of benzene rings is 3. The fraction of sp³-hybridized carbons (Fsp3) is 0.0476. The minimum atomic E-state index is -4.14. The number of halogens is 2. The quantitative estimate of drug-likeness (QED) is 0.396. The Morgan fingerprint density at radius 1 is 1.00 bits per heavy atom. The van der Waals surface area contributed by atoms with E-state index >= 15 is 0 Å². The van der Waals surface area contributed by atoms with E-state index in [0.717, 1.165) is 16.5 Å². The van der Waals surface area contributed by atoms with E-state index in [9.17, 15) is 13.5 Å². The summed E-state index contributed by atoms with van der Waals surface area (Å²) >= 11 is 9.29. The molecule has 0 bridgehead atoms. The molecule has 4 aromatic rings. The molecule has 4 nitrogen and oxygen atoms in total. The first kappa shape index (κ1) is 19.1. The maximum atomic E-state index is 13.6. The van der Waals surface area contributed by atoms with Crippen LogP contribution >= 0.6 is 27.5 Å². The van der Waals surface area contributed by atoms with E-state index in [2.05, 4.69) is 15.9 Å². The molecule has 1 heterocycles. The highest BCUT2D eigenvalue weighted by Gasteiger charge is 2.28. The lowest BCUT2D eigenvalue weighted by atomic mass is 10.1. The van der Waals surface area contributed by atoms with Crippen molar-refractivity contribution in [2.24, 2.45) is 0 Å². The highest BCUT2D eigenvalue weighted by atomic mass is 79.9. The molecule has 7 heteroatoms. The molecular formula is C21H15BrClNO3S. The van der Waals surface area contributed by atoms with Gasteiger partial charge in [-0.05, 0) is 42.8 Å². The summed E-state index contributed by atoms with van der Waals surface area (Å²) in [5.41, 5.74) is 2.81. The average Bonchev–Trinajstić information content (AvgIpc) is 3.04. The molecule has 1 N–H and O–H groups in total. The third-order valence-electron chi connectivity index (χ3n) is 4.49. The fourth-order valence-electron chi connectivity index (χ4n) is 3.22. The first-order chi connectivity index (χ1) is 13.3. The highest BCUT2D eigenvalue weighted by Crippen LogP contribution is 2.39. The van der Waals surface area contributed by atoms with Crippen LogP contribution in [0.25, 0.3) is 22.2 Å². The van der Waals surface area contributed by atoms with Gasteiger partial charge in [-0.15, -0.1) is 0 Å². The smallest absolute Gasteiger partial charge is 0.272 e. The molecule has 28 heavy (non-hydrogen) atoms. The highest BCUT2D eigenvalue weighted by molar-refractivity contribution is 9.10. The van der Waals surface area contributed by atoms with E-state index in [1.54, 1.807) is 6.07 Å². The second kappa shape index (κ2) is 6.95. The summed E-state index contributed by atoms with van der Waals surface area (Å²) in [4.78, 5) is -0.262. The molecule has 3 aromatic carbocycles. The van der Waals surface area contributed by atoms with Gasteiger partial charge in [0.1, 0.15) is 4.90 Å². The summed E-state index contributed by atoms with van der Waals surface area (Å²) < 4.78 is 29.0. The van der Waals surface area contributed by atoms with E-state index in [1.807, 2.05) is 55.5 Å². The largest absolute Gasteiger partial charge is 0.505 e. The van der Waals surface area contributed by atoms with E-state index in [4.69, 9.17) is 11.6 Å². The Kier molecular flexibility index (Phi) is 4.73. The van der Waals surface area contributed by atoms with E-state index in [0.29, 0.717) is 15.7 Å². The van der Waals surface area contributed by atoms with E-state index < -0.39 is 15.8 Å². The van der Waals surface area contributed by atoms with Gasteiger partial charge in [-0.3, -0.25) is 0 Å². The Labute approximate surface area is 176 Å². The summed E-state index contributed by atoms with van der Waals surface area (Å²) in [6.07, 6.45) is 0. The molecule has 0 aliphatic rings. The number of phenolic OH excluding ortho intramolecular Hbond substituents is 1. The Balaban J connectivity index is 2.11. The molecule has 0 fully saturated rings. The van der Waals surface area contributed by atoms with E-state index in [1.165, 1.54) is 16.1 Å². The standard InChI is InChI=1S/C21H15BrClNO3S/c1-13-7-8-18-15(9-13)10-19(14-5-3-2-4-6-14)24(18)28(26,27)20-12-16(22)11-17(23)21(20)25/h2-12,25H,1H3. The molecule has 4 rings (SSSR count). The van der Waals surface area contributed by atoms with Crippen LogP contribution in [0.2, 0.25) is 5.02 Å². The number of aromatic nitrogens is 1. The van der Waals surface area contributed by atoms with Crippen molar-refractivity contribution in [3.8, 4) is 17.0 Å². The summed E-state index contributed by atoms with van der Waals surface area (Å²) in [7, 11) is -4.14. The molecule has 142 valence electrons. The molecule has 0 saturated heterocycles. The summed E-state index contributed by atoms with van der Waals surface area (Å²) in [5.74, 6) is -0.474. The molecule has 0 saturated carbocycles. The zero-order valence-electron chi connectivity index (χ0n) is 14.7. The lowest BCUT2D eigenvalue weighted by molar-refractivity contribution is 0.458. The number of aromatic hydroxyl groups is 1. The first-order valence-electron chi connectivity index (χ1n) is 8.40. The molecule has 0 amide bonds. The number of aryl methyl sites for hydroxylation is 1. The predicted octanol–water partition coefficient (Wildman–Crippen LogP) is 5.98. The Bertz CT molecular complexity index is 1310. The van der Waals surface area contributed by atoms with Crippen LogP contribution in [0.15, 0.2) is 76.1 Å². The van der Waals surface area contributed by atoms with E-state index in [-0.39, 0.29) is 9.92 Å².